The van der Waals surface area contributed by atoms with Crippen molar-refractivity contribution in [2.45, 2.75) is 25.4 Å². The summed E-state index contributed by atoms with van der Waals surface area (Å²) in [5.41, 5.74) is -0.974. The lowest BCUT2D eigenvalue weighted by molar-refractivity contribution is -0.0524. The summed E-state index contributed by atoms with van der Waals surface area (Å²) in [5.74, 6) is 0. The number of nitrogens with one attached hydrogen (secondary N) is 1. The van der Waals surface area contributed by atoms with Gasteiger partial charge in [0.2, 0.25) is 0 Å². The number of aliphatic hydroxyl groups excluding tert-OH is 1. The van der Waals surface area contributed by atoms with E-state index in [0.717, 1.165) is 19.5 Å². The van der Waals surface area contributed by atoms with Crippen LogP contribution in [0.4, 0.5) is 0 Å². The summed E-state index contributed by atoms with van der Waals surface area (Å²) in [6.07, 6.45) is 1.51. The van der Waals surface area contributed by atoms with Crippen LogP contribution in [0.15, 0.2) is 0 Å². The Hall–Kier alpha value is -0.390. The lowest BCUT2D eigenvalue weighted by atomic mass is 9.94. The Morgan fingerprint density at radius 2 is 2.36 bits per heavy atom. The van der Waals surface area contributed by atoms with Crippen molar-refractivity contribution in [1.29, 1.82) is 0 Å². The molecule has 3 N–H and O–H groups in total. The lowest BCUT2D eigenvalue weighted by Crippen LogP contribution is -2.54. The molecule has 1 rings (SSSR count). The molecule has 0 saturated carbocycles. The SMILES string of the molecule is CCNC(=S)N1CCCC(O)(CO)C1. The van der Waals surface area contributed by atoms with Crippen LogP contribution in [0, 0.1) is 0 Å². The van der Waals surface area contributed by atoms with Gasteiger partial charge in [-0.15, -0.1) is 0 Å². The van der Waals surface area contributed by atoms with E-state index in [1.807, 2.05) is 11.8 Å². The molecule has 1 saturated heterocycles. The highest BCUT2D eigenvalue weighted by Crippen LogP contribution is 2.20. The van der Waals surface area contributed by atoms with Gasteiger partial charge in [0.05, 0.1) is 13.2 Å². The fourth-order valence-electron chi connectivity index (χ4n) is 1.68. The van der Waals surface area contributed by atoms with E-state index < -0.39 is 5.60 Å². The van der Waals surface area contributed by atoms with Crippen LogP contribution in [0.3, 0.4) is 0 Å². The Morgan fingerprint density at radius 1 is 1.64 bits per heavy atom. The van der Waals surface area contributed by atoms with Gasteiger partial charge in [0.25, 0.3) is 0 Å². The third kappa shape index (κ3) is 2.80. The summed E-state index contributed by atoms with van der Waals surface area (Å²) >= 11 is 5.15. The van der Waals surface area contributed by atoms with Crippen LogP contribution in [0.1, 0.15) is 19.8 Å². The fourth-order valence-corrected chi connectivity index (χ4v) is 1.98. The third-order valence-electron chi connectivity index (χ3n) is 2.46. The quantitative estimate of drug-likeness (QED) is 0.556. The average molecular weight is 218 g/mol. The third-order valence-corrected chi connectivity index (χ3v) is 2.87. The smallest absolute Gasteiger partial charge is 0.169 e. The Labute approximate surface area is 89.9 Å². The summed E-state index contributed by atoms with van der Waals surface area (Å²) in [6.45, 7) is 3.85. The van der Waals surface area contributed by atoms with Gasteiger partial charge in [-0.05, 0) is 32.0 Å². The van der Waals surface area contributed by atoms with Crippen molar-refractivity contribution in [3.8, 4) is 0 Å². The number of nitrogens with zero attached hydrogens (tertiary/aromatic N) is 1. The lowest BCUT2D eigenvalue weighted by Gasteiger charge is -2.39. The maximum atomic E-state index is 9.89. The van der Waals surface area contributed by atoms with E-state index in [4.69, 9.17) is 17.3 Å². The monoisotopic (exact) mass is 218 g/mol. The van der Waals surface area contributed by atoms with E-state index in [-0.39, 0.29) is 6.61 Å². The number of hydrogen-bond donors (Lipinski definition) is 3. The van der Waals surface area contributed by atoms with Crippen LogP contribution in [0.2, 0.25) is 0 Å². The van der Waals surface area contributed by atoms with Crippen LogP contribution in [0.5, 0.6) is 0 Å². The first-order chi connectivity index (χ1) is 6.61. The minimum atomic E-state index is -0.974. The van der Waals surface area contributed by atoms with Crippen LogP contribution >= 0.6 is 12.2 Å². The van der Waals surface area contributed by atoms with E-state index >= 15 is 0 Å². The molecule has 0 aromatic carbocycles. The van der Waals surface area contributed by atoms with Gasteiger partial charge in [0.15, 0.2) is 5.11 Å². The average Bonchev–Trinajstić information content (AvgIpc) is 2.18. The number of thiocarbonyl (C=S) groups is 1. The second-order valence-corrected chi connectivity index (χ2v) is 4.13. The molecule has 0 aliphatic carbocycles. The molecular formula is C9H18N2O2S. The number of rotatable bonds is 2. The van der Waals surface area contributed by atoms with E-state index in [9.17, 15) is 5.11 Å². The minimum Gasteiger partial charge on any atom is -0.393 e. The molecule has 1 atom stereocenters. The molecule has 0 spiro atoms. The standard InChI is InChI=1S/C9H18N2O2S/c1-2-10-8(14)11-5-3-4-9(13,6-11)7-12/h12-13H,2-7H2,1H3,(H,10,14). The van der Waals surface area contributed by atoms with Crippen molar-refractivity contribution >= 4 is 17.3 Å². The van der Waals surface area contributed by atoms with Crippen molar-refractivity contribution in [1.82, 2.24) is 10.2 Å². The van der Waals surface area contributed by atoms with Gasteiger partial charge in [-0.1, -0.05) is 0 Å². The van der Waals surface area contributed by atoms with Crippen LogP contribution in [0.25, 0.3) is 0 Å². The molecule has 1 heterocycles. The number of aliphatic hydroxyl groups is 2. The Balaban J connectivity index is 2.51. The zero-order chi connectivity index (χ0) is 10.6. The van der Waals surface area contributed by atoms with Gasteiger partial charge in [-0.2, -0.15) is 0 Å². The van der Waals surface area contributed by atoms with E-state index in [2.05, 4.69) is 5.32 Å². The summed E-state index contributed by atoms with van der Waals surface area (Å²) in [7, 11) is 0. The largest absolute Gasteiger partial charge is 0.393 e. The van der Waals surface area contributed by atoms with Crippen LogP contribution in [-0.4, -0.2) is 52.1 Å². The summed E-state index contributed by atoms with van der Waals surface area (Å²) in [6, 6.07) is 0. The maximum Gasteiger partial charge on any atom is 0.169 e. The van der Waals surface area contributed by atoms with Crippen molar-refractivity contribution in [2.24, 2.45) is 0 Å². The first kappa shape index (κ1) is 11.7. The number of likely N-dealkylation sites (tertiary alicyclic amines) is 1. The highest BCUT2D eigenvalue weighted by molar-refractivity contribution is 7.80. The van der Waals surface area contributed by atoms with Crippen molar-refractivity contribution < 1.29 is 10.2 Å². The fraction of sp³-hybridized carbons (Fsp3) is 0.889. The van der Waals surface area contributed by atoms with E-state index in [0.29, 0.717) is 18.1 Å². The zero-order valence-corrected chi connectivity index (χ0v) is 9.31. The predicted octanol–water partition coefficient (Wildman–Crippen LogP) is -0.300. The molecule has 0 aromatic heterocycles. The molecule has 5 heteroatoms. The highest BCUT2D eigenvalue weighted by Gasteiger charge is 2.33. The van der Waals surface area contributed by atoms with Crippen molar-refractivity contribution in [3.05, 3.63) is 0 Å². The summed E-state index contributed by atoms with van der Waals surface area (Å²) in [5, 5.41) is 22.6. The molecule has 0 aromatic rings. The molecule has 1 unspecified atom stereocenters. The Morgan fingerprint density at radius 3 is 2.93 bits per heavy atom. The molecule has 0 bridgehead atoms. The van der Waals surface area contributed by atoms with Gasteiger partial charge in [-0.25, -0.2) is 0 Å². The molecule has 1 fully saturated rings. The predicted molar refractivity (Wildman–Crippen MR) is 59.1 cm³/mol. The zero-order valence-electron chi connectivity index (χ0n) is 8.49. The second kappa shape index (κ2) is 4.91. The van der Waals surface area contributed by atoms with Gasteiger partial charge in [-0.3, -0.25) is 0 Å². The molecular weight excluding hydrogens is 200 g/mol. The summed E-state index contributed by atoms with van der Waals surface area (Å²) < 4.78 is 0. The van der Waals surface area contributed by atoms with Crippen molar-refractivity contribution in [2.75, 3.05) is 26.2 Å². The van der Waals surface area contributed by atoms with Crippen molar-refractivity contribution in [3.63, 3.8) is 0 Å². The molecule has 1 aliphatic heterocycles. The second-order valence-electron chi connectivity index (χ2n) is 3.74. The topological polar surface area (TPSA) is 55.7 Å². The number of hydrogen-bond acceptors (Lipinski definition) is 3. The van der Waals surface area contributed by atoms with Gasteiger partial charge < -0.3 is 20.4 Å². The van der Waals surface area contributed by atoms with Crippen LogP contribution < -0.4 is 5.32 Å². The minimum absolute atomic E-state index is 0.196. The molecule has 0 radical (unpaired) electrons. The Bertz CT molecular complexity index is 213. The Kier molecular flexibility index (Phi) is 4.10. The molecule has 4 nitrogen and oxygen atoms in total. The van der Waals surface area contributed by atoms with Gasteiger partial charge in [0.1, 0.15) is 5.60 Å². The first-order valence-corrected chi connectivity index (χ1v) is 5.38. The molecule has 14 heavy (non-hydrogen) atoms. The number of piperidine rings is 1. The molecule has 82 valence electrons. The molecule has 1 aliphatic rings. The van der Waals surface area contributed by atoms with Crippen LogP contribution in [-0.2, 0) is 0 Å². The molecule has 0 amide bonds. The first-order valence-electron chi connectivity index (χ1n) is 4.97. The maximum absolute atomic E-state index is 9.89. The van der Waals surface area contributed by atoms with Gasteiger partial charge in [0, 0.05) is 13.1 Å². The highest BCUT2D eigenvalue weighted by atomic mass is 32.1. The number of β-amino-alcohol motifs (C(OH)–C–C–N with tert-alkyl or cyclic N) is 1. The normalized spacial score (nSPS) is 27.5. The van der Waals surface area contributed by atoms with E-state index in [1.54, 1.807) is 0 Å². The van der Waals surface area contributed by atoms with Gasteiger partial charge >= 0.3 is 0 Å². The summed E-state index contributed by atoms with van der Waals surface area (Å²) in [4.78, 5) is 1.92. The van der Waals surface area contributed by atoms with E-state index in [1.165, 1.54) is 0 Å².